The van der Waals surface area contributed by atoms with Crippen molar-refractivity contribution in [1.29, 1.82) is 0 Å². The number of nitrogens with zero attached hydrogens (tertiary/aromatic N) is 1. The van der Waals surface area contributed by atoms with Crippen LogP contribution in [0.15, 0.2) is 30.5 Å². The van der Waals surface area contributed by atoms with Gasteiger partial charge in [0.05, 0.1) is 23.7 Å². The third-order valence-corrected chi connectivity index (χ3v) is 2.99. The monoisotopic (exact) mass is 235 g/mol. The lowest BCUT2D eigenvalue weighted by molar-refractivity contribution is 0.0698. The van der Waals surface area contributed by atoms with E-state index in [9.17, 15) is 4.79 Å². The van der Waals surface area contributed by atoms with Gasteiger partial charge in [-0.05, 0) is 23.7 Å². The van der Waals surface area contributed by atoms with E-state index in [0.717, 1.165) is 17.1 Å². The second kappa shape index (κ2) is 4.32. The molecular weight excluding hydrogens is 226 g/mol. The molecule has 0 aliphatic rings. The molecule has 1 aromatic carbocycles. The highest BCUT2D eigenvalue weighted by Gasteiger charge is 2.17. The molecule has 0 aliphatic heterocycles. The van der Waals surface area contributed by atoms with Crippen LogP contribution in [0.1, 0.15) is 10.4 Å². The average Bonchev–Trinajstić information content (AvgIpc) is 2.77. The van der Waals surface area contributed by atoms with E-state index >= 15 is 0 Å². The van der Waals surface area contributed by atoms with Crippen molar-refractivity contribution >= 4 is 17.5 Å². The van der Waals surface area contributed by atoms with Crippen LogP contribution in [-0.4, -0.2) is 22.6 Å². The fourth-order valence-corrected chi connectivity index (χ4v) is 2.19. The number of carboxylic acid groups (broad SMARTS) is 1. The van der Waals surface area contributed by atoms with E-state index in [1.165, 1.54) is 6.20 Å². The summed E-state index contributed by atoms with van der Waals surface area (Å²) in [6.45, 7) is 0. The molecule has 0 unspecified atom stereocenters. The first-order valence-corrected chi connectivity index (χ1v) is 5.32. The summed E-state index contributed by atoms with van der Waals surface area (Å²) in [6, 6.07) is 7.28. The molecule has 16 heavy (non-hydrogen) atoms. The number of para-hydroxylation sites is 1. The summed E-state index contributed by atoms with van der Waals surface area (Å²) in [7, 11) is 1.56. The number of ether oxygens (including phenoxy) is 1. The van der Waals surface area contributed by atoms with Crippen LogP contribution in [0.3, 0.4) is 0 Å². The largest absolute Gasteiger partial charge is 0.496 e. The Balaban J connectivity index is 2.58. The summed E-state index contributed by atoms with van der Waals surface area (Å²) >= 11 is 1.15. The number of methoxy groups -OCH3 is 1. The van der Waals surface area contributed by atoms with Crippen molar-refractivity contribution in [3.8, 4) is 16.2 Å². The number of hydrogen-bond acceptors (Lipinski definition) is 4. The van der Waals surface area contributed by atoms with Gasteiger partial charge >= 0.3 is 5.97 Å². The van der Waals surface area contributed by atoms with Crippen molar-refractivity contribution in [2.45, 2.75) is 0 Å². The zero-order valence-electron chi connectivity index (χ0n) is 8.51. The van der Waals surface area contributed by atoms with E-state index in [0.29, 0.717) is 10.6 Å². The molecule has 0 radical (unpaired) electrons. The minimum absolute atomic E-state index is 0.203. The Kier molecular flexibility index (Phi) is 2.87. The Morgan fingerprint density at radius 1 is 1.44 bits per heavy atom. The van der Waals surface area contributed by atoms with Crippen LogP contribution in [0, 0.1) is 0 Å². The quantitative estimate of drug-likeness (QED) is 0.888. The van der Waals surface area contributed by atoms with Gasteiger partial charge in [-0.25, -0.2) is 4.79 Å². The van der Waals surface area contributed by atoms with Gasteiger partial charge in [0.25, 0.3) is 0 Å². The summed E-state index contributed by atoms with van der Waals surface area (Å²) in [6.07, 6.45) is 1.36. The van der Waals surface area contributed by atoms with Crippen LogP contribution in [0.5, 0.6) is 5.75 Å². The number of carbonyl (C=O) groups is 1. The number of carboxylic acids is 1. The van der Waals surface area contributed by atoms with Crippen LogP contribution >= 0.6 is 11.5 Å². The Morgan fingerprint density at radius 3 is 2.88 bits per heavy atom. The molecule has 0 amide bonds. The molecule has 0 aliphatic carbocycles. The van der Waals surface area contributed by atoms with E-state index in [1.807, 2.05) is 18.2 Å². The van der Waals surface area contributed by atoms with Gasteiger partial charge in [0.15, 0.2) is 0 Å². The first kappa shape index (κ1) is 10.6. The number of hydrogen-bond donors (Lipinski definition) is 1. The van der Waals surface area contributed by atoms with Crippen molar-refractivity contribution < 1.29 is 14.6 Å². The minimum Gasteiger partial charge on any atom is -0.496 e. The molecule has 0 atom stereocenters. The molecule has 4 nitrogen and oxygen atoms in total. The van der Waals surface area contributed by atoms with Crippen LogP contribution in [0.4, 0.5) is 0 Å². The standard InChI is InChI=1S/C11H9NO3S/c1-15-9-5-3-2-4-7(9)10-8(11(13)14)6-12-16-10/h2-6H,1H3,(H,13,14). The normalized spacial score (nSPS) is 10.1. The molecule has 5 heteroatoms. The van der Waals surface area contributed by atoms with Gasteiger partial charge in [0, 0.05) is 5.56 Å². The lowest BCUT2D eigenvalue weighted by Crippen LogP contribution is -1.96. The summed E-state index contributed by atoms with van der Waals surface area (Å²) in [5.74, 6) is -0.330. The molecule has 2 aromatic rings. The number of benzene rings is 1. The van der Waals surface area contributed by atoms with Crippen molar-refractivity contribution in [1.82, 2.24) is 4.37 Å². The zero-order chi connectivity index (χ0) is 11.5. The van der Waals surface area contributed by atoms with E-state index in [2.05, 4.69) is 4.37 Å². The lowest BCUT2D eigenvalue weighted by Gasteiger charge is -2.06. The van der Waals surface area contributed by atoms with Crippen LogP contribution < -0.4 is 4.74 Å². The molecule has 0 saturated heterocycles. The summed E-state index contributed by atoms with van der Waals surface area (Å²) in [5, 5.41) is 9.01. The minimum atomic E-state index is -0.977. The smallest absolute Gasteiger partial charge is 0.338 e. The van der Waals surface area contributed by atoms with Gasteiger partial charge in [-0.1, -0.05) is 12.1 Å². The van der Waals surface area contributed by atoms with Crippen molar-refractivity contribution in [2.75, 3.05) is 7.11 Å². The number of aromatic carboxylic acids is 1. The van der Waals surface area contributed by atoms with Gasteiger partial charge < -0.3 is 9.84 Å². The predicted molar refractivity (Wildman–Crippen MR) is 61.1 cm³/mol. The van der Waals surface area contributed by atoms with Gasteiger partial charge in [-0.15, -0.1) is 0 Å². The SMILES string of the molecule is COc1ccccc1-c1sncc1C(=O)O. The Bertz CT molecular complexity index is 521. The Morgan fingerprint density at radius 2 is 2.19 bits per heavy atom. The predicted octanol–water partition coefficient (Wildman–Crippen LogP) is 2.52. The summed E-state index contributed by atoms with van der Waals surface area (Å²) < 4.78 is 9.09. The van der Waals surface area contributed by atoms with E-state index in [1.54, 1.807) is 13.2 Å². The molecule has 0 bridgehead atoms. The maximum absolute atomic E-state index is 11.0. The molecule has 1 N–H and O–H groups in total. The topological polar surface area (TPSA) is 59.4 Å². The van der Waals surface area contributed by atoms with Crippen molar-refractivity contribution in [3.63, 3.8) is 0 Å². The highest BCUT2D eigenvalue weighted by atomic mass is 32.1. The van der Waals surface area contributed by atoms with Gasteiger partial charge in [0.1, 0.15) is 5.75 Å². The van der Waals surface area contributed by atoms with E-state index in [-0.39, 0.29) is 5.56 Å². The van der Waals surface area contributed by atoms with E-state index < -0.39 is 5.97 Å². The molecule has 2 rings (SSSR count). The third kappa shape index (κ3) is 1.77. The van der Waals surface area contributed by atoms with Crippen LogP contribution in [0.25, 0.3) is 10.4 Å². The fraction of sp³-hybridized carbons (Fsp3) is 0.0909. The van der Waals surface area contributed by atoms with Crippen molar-refractivity contribution in [2.24, 2.45) is 0 Å². The van der Waals surface area contributed by atoms with Gasteiger partial charge in [-0.3, -0.25) is 0 Å². The average molecular weight is 235 g/mol. The van der Waals surface area contributed by atoms with Crippen LogP contribution in [0.2, 0.25) is 0 Å². The lowest BCUT2D eigenvalue weighted by atomic mass is 10.1. The van der Waals surface area contributed by atoms with Gasteiger partial charge in [-0.2, -0.15) is 4.37 Å². The van der Waals surface area contributed by atoms with Gasteiger partial charge in [0.2, 0.25) is 0 Å². The molecule has 0 fully saturated rings. The Hall–Kier alpha value is -1.88. The Labute approximate surface area is 96.3 Å². The van der Waals surface area contributed by atoms with Crippen molar-refractivity contribution in [3.05, 3.63) is 36.0 Å². The molecular formula is C11H9NO3S. The first-order valence-electron chi connectivity index (χ1n) is 4.55. The maximum atomic E-state index is 11.0. The number of aromatic nitrogens is 1. The highest BCUT2D eigenvalue weighted by molar-refractivity contribution is 7.10. The van der Waals surface area contributed by atoms with Crippen LogP contribution in [-0.2, 0) is 0 Å². The molecule has 1 aromatic heterocycles. The highest BCUT2D eigenvalue weighted by Crippen LogP contribution is 2.34. The van der Waals surface area contributed by atoms with E-state index in [4.69, 9.17) is 9.84 Å². The number of rotatable bonds is 3. The second-order valence-corrected chi connectivity index (χ2v) is 3.88. The zero-order valence-corrected chi connectivity index (χ0v) is 9.32. The first-order chi connectivity index (χ1) is 7.74. The summed E-state index contributed by atoms with van der Waals surface area (Å²) in [4.78, 5) is 11.6. The second-order valence-electron chi connectivity index (χ2n) is 3.07. The molecule has 0 spiro atoms. The fourth-order valence-electron chi connectivity index (χ4n) is 1.42. The molecule has 82 valence electrons. The molecule has 0 saturated carbocycles. The summed E-state index contributed by atoms with van der Waals surface area (Å²) in [5.41, 5.74) is 0.958. The molecule has 1 heterocycles. The maximum Gasteiger partial charge on any atom is 0.338 e. The third-order valence-electron chi connectivity index (χ3n) is 2.15.